The molecular weight excluding hydrogens is 310 g/mol. The molecule has 0 atom stereocenters. The number of benzene rings is 1. The molecule has 4 nitrogen and oxygen atoms in total. The molecule has 1 aliphatic rings. The average molecular weight is 331 g/mol. The zero-order chi connectivity index (χ0) is 16.1. The SMILES string of the molecule is CCCOc1ccc(OCC(=O)N2CCc3sccc3C2)cc1. The van der Waals surface area contributed by atoms with Crippen LogP contribution in [-0.2, 0) is 17.8 Å². The molecule has 0 fully saturated rings. The van der Waals surface area contributed by atoms with Gasteiger partial charge in [-0.05, 0) is 54.1 Å². The molecule has 0 bridgehead atoms. The molecular formula is C18H21NO3S. The molecule has 0 unspecified atom stereocenters. The van der Waals surface area contributed by atoms with E-state index in [1.54, 1.807) is 11.3 Å². The van der Waals surface area contributed by atoms with Crippen molar-refractivity contribution in [3.8, 4) is 11.5 Å². The van der Waals surface area contributed by atoms with Crippen LogP contribution in [0.1, 0.15) is 23.8 Å². The van der Waals surface area contributed by atoms with E-state index in [2.05, 4.69) is 18.4 Å². The van der Waals surface area contributed by atoms with Gasteiger partial charge in [0.2, 0.25) is 0 Å². The molecule has 1 aromatic carbocycles. The van der Waals surface area contributed by atoms with Gasteiger partial charge in [0.15, 0.2) is 6.61 Å². The minimum atomic E-state index is 0.0353. The second-order valence-electron chi connectivity index (χ2n) is 5.54. The molecule has 0 aliphatic carbocycles. The average Bonchev–Trinajstić information content (AvgIpc) is 3.06. The molecule has 3 rings (SSSR count). The summed E-state index contributed by atoms with van der Waals surface area (Å²) >= 11 is 1.78. The van der Waals surface area contributed by atoms with Crippen molar-refractivity contribution in [1.29, 1.82) is 0 Å². The Labute approximate surface area is 140 Å². The summed E-state index contributed by atoms with van der Waals surface area (Å²) in [7, 11) is 0. The van der Waals surface area contributed by atoms with Crippen molar-refractivity contribution in [3.63, 3.8) is 0 Å². The fourth-order valence-corrected chi connectivity index (χ4v) is 3.44. The van der Waals surface area contributed by atoms with E-state index in [0.717, 1.165) is 25.1 Å². The summed E-state index contributed by atoms with van der Waals surface area (Å²) in [5.74, 6) is 1.55. The topological polar surface area (TPSA) is 38.8 Å². The minimum Gasteiger partial charge on any atom is -0.494 e. The summed E-state index contributed by atoms with van der Waals surface area (Å²) < 4.78 is 11.1. The quantitative estimate of drug-likeness (QED) is 0.813. The Morgan fingerprint density at radius 1 is 1.17 bits per heavy atom. The summed E-state index contributed by atoms with van der Waals surface area (Å²) in [6.07, 6.45) is 1.93. The number of carbonyl (C=O) groups is 1. The van der Waals surface area contributed by atoms with Crippen LogP contribution in [0.25, 0.3) is 0 Å². The Bertz CT molecular complexity index is 651. The van der Waals surface area contributed by atoms with Gasteiger partial charge in [-0.3, -0.25) is 4.79 Å². The first-order chi connectivity index (χ1) is 11.3. The van der Waals surface area contributed by atoms with Crippen molar-refractivity contribution < 1.29 is 14.3 Å². The maximum atomic E-state index is 12.3. The second kappa shape index (κ2) is 7.51. The van der Waals surface area contributed by atoms with E-state index in [4.69, 9.17) is 9.47 Å². The third-order valence-electron chi connectivity index (χ3n) is 3.82. The molecule has 1 amide bonds. The highest BCUT2D eigenvalue weighted by atomic mass is 32.1. The first-order valence-corrected chi connectivity index (χ1v) is 8.83. The lowest BCUT2D eigenvalue weighted by atomic mass is 10.1. The first kappa shape index (κ1) is 15.9. The van der Waals surface area contributed by atoms with Crippen LogP contribution in [0, 0.1) is 0 Å². The molecule has 1 aromatic heterocycles. The van der Waals surface area contributed by atoms with Gasteiger partial charge < -0.3 is 14.4 Å². The fraction of sp³-hybridized carbons (Fsp3) is 0.389. The molecule has 0 saturated heterocycles. The molecule has 0 saturated carbocycles. The van der Waals surface area contributed by atoms with E-state index in [9.17, 15) is 4.79 Å². The highest BCUT2D eigenvalue weighted by molar-refractivity contribution is 7.10. The molecule has 5 heteroatoms. The third-order valence-corrected chi connectivity index (χ3v) is 4.84. The molecule has 0 spiro atoms. The first-order valence-electron chi connectivity index (χ1n) is 7.95. The molecule has 0 radical (unpaired) electrons. The highest BCUT2D eigenvalue weighted by Crippen LogP contribution is 2.24. The number of amides is 1. The van der Waals surface area contributed by atoms with Gasteiger partial charge in [-0.15, -0.1) is 11.3 Å². The van der Waals surface area contributed by atoms with Crippen LogP contribution in [0.2, 0.25) is 0 Å². The number of hydrogen-bond donors (Lipinski definition) is 0. The second-order valence-corrected chi connectivity index (χ2v) is 6.54. The van der Waals surface area contributed by atoms with Crippen molar-refractivity contribution in [3.05, 3.63) is 46.2 Å². The van der Waals surface area contributed by atoms with Gasteiger partial charge in [-0.2, -0.15) is 0 Å². The Morgan fingerprint density at radius 2 is 1.91 bits per heavy atom. The van der Waals surface area contributed by atoms with Crippen LogP contribution in [0.3, 0.4) is 0 Å². The van der Waals surface area contributed by atoms with Gasteiger partial charge in [0.1, 0.15) is 11.5 Å². The summed E-state index contributed by atoms with van der Waals surface area (Å²) in [5, 5.41) is 2.09. The molecule has 0 N–H and O–H groups in total. The predicted molar refractivity (Wildman–Crippen MR) is 91.2 cm³/mol. The van der Waals surface area contributed by atoms with E-state index >= 15 is 0 Å². The number of thiophene rings is 1. The van der Waals surface area contributed by atoms with Gasteiger partial charge in [0, 0.05) is 18.0 Å². The predicted octanol–water partition coefficient (Wildman–Crippen LogP) is 3.50. The number of carbonyl (C=O) groups excluding carboxylic acids is 1. The Hall–Kier alpha value is -2.01. The van der Waals surface area contributed by atoms with Gasteiger partial charge in [0.25, 0.3) is 5.91 Å². The summed E-state index contributed by atoms with van der Waals surface area (Å²) in [4.78, 5) is 15.6. The fourth-order valence-electron chi connectivity index (χ4n) is 2.55. The lowest BCUT2D eigenvalue weighted by Gasteiger charge is -2.27. The highest BCUT2D eigenvalue weighted by Gasteiger charge is 2.21. The van der Waals surface area contributed by atoms with E-state index in [-0.39, 0.29) is 12.5 Å². The largest absolute Gasteiger partial charge is 0.494 e. The lowest BCUT2D eigenvalue weighted by molar-refractivity contribution is -0.134. The van der Waals surface area contributed by atoms with Crippen LogP contribution in [0.15, 0.2) is 35.7 Å². The monoisotopic (exact) mass is 331 g/mol. The van der Waals surface area contributed by atoms with E-state index < -0.39 is 0 Å². The standard InChI is InChI=1S/C18H21NO3S/c1-2-10-21-15-3-5-16(6-4-15)22-13-18(20)19-9-7-17-14(12-19)8-11-23-17/h3-6,8,11H,2,7,9-10,12-13H2,1H3. The van der Waals surface area contributed by atoms with Crippen molar-refractivity contribution >= 4 is 17.2 Å². The third kappa shape index (κ3) is 4.05. The maximum absolute atomic E-state index is 12.3. The van der Waals surface area contributed by atoms with E-state index in [0.29, 0.717) is 18.9 Å². The van der Waals surface area contributed by atoms with Crippen molar-refractivity contribution in [1.82, 2.24) is 4.90 Å². The molecule has 1 aliphatic heterocycles. The summed E-state index contributed by atoms with van der Waals surface area (Å²) in [5.41, 5.74) is 1.27. The number of fused-ring (bicyclic) bond motifs is 1. The van der Waals surface area contributed by atoms with Crippen molar-refractivity contribution in [2.75, 3.05) is 19.8 Å². The van der Waals surface area contributed by atoms with Gasteiger partial charge in [-0.1, -0.05) is 6.92 Å². The van der Waals surface area contributed by atoms with Gasteiger partial charge in [0.05, 0.1) is 6.61 Å². The lowest BCUT2D eigenvalue weighted by Crippen LogP contribution is -2.38. The zero-order valence-electron chi connectivity index (χ0n) is 13.3. The van der Waals surface area contributed by atoms with Gasteiger partial charge >= 0.3 is 0 Å². The van der Waals surface area contributed by atoms with Crippen LogP contribution in [-0.4, -0.2) is 30.6 Å². The normalized spacial score (nSPS) is 13.5. The molecule has 23 heavy (non-hydrogen) atoms. The molecule has 122 valence electrons. The maximum Gasteiger partial charge on any atom is 0.260 e. The van der Waals surface area contributed by atoms with Crippen LogP contribution in [0.4, 0.5) is 0 Å². The van der Waals surface area contributed by atoms with Crippen molar-refractivity contribution in [2.45, 2.75) is 26.3 Å². The van der Waals surface area contributed by atoms with E-state index in [1.807, 2.05) is 29.2 Å². The van der Waals surface area contributed by atoms with Crippen molar-refractivity contribution in [2.24, 2.45) is 0 Å². The Morgan fingerprint density at radius 3 is 2.65 bits per heavy atom. The van der Waals surface area contributed by atoms with E-state index in [1.165, 1.54) is 10.4 Å². The number of ether oxygens (including phenoxy) is 2. The Balaban J connectivity index is 1.49. The Kier molecular flexibility index (Phi) is 5.18. The van der Waals surface area contributed by atoms with Crippen LogP contribution < -0.4 is 9.47 Å². The zero-order valence-corrected chi connectivity index (χ0v) is 14.1. The smallest absolute Gasteiger partial charge is 0.260 e. The molecule has 2 aromatic rings. The summed E-state index contributed by atoms with van der Waals surface area (Å²) in [6.45, 7) is 4.33. The summed E-state index contributed by atoms with van der Waals surface area (Å²) in [6, 6.07) is 9.52. The minimum absolute atomic E-state index is 0.0353. The van der Waals surface area contributed by atoms with Crippen LogP contribution >= 0.6 is 11.3 Å². The molecule has 2 heterocycles. The van der Waals surface area contributed by atoms with Crippen LogP contribution in [0.5, 0.6) is 11.5 Å². The number of nitrogens with zero attached hydrogens (tertiary/aromatic N) is 1. The number of hydrogen-bond acceptors (Lipinski definition) is 4. The number of rotatable bonds is 6. The van der Waals surface area contributed by atoms with Gasteiger partial charge in [-0.25, -0.2) is 0 Å².